The van der Waals surface area contributed by atoms with Crippen molar-refractivity contribution in [3.63, 3.8) is 0 Å². The molecule has 10 heteroatoms. The Hall–Kier alpha value is -3.30. The number of rotatable bonds is 6. The molecule has 1 aliphatic rings. The molecule has 1 aromatic carbocycles. The Morgan fingerprint density at radius 1 is 1.26 bits per heavy atom. The lowest BCUT2D eigenvalue weighted by molar-refractivity contribution is -0.151. The summed E-state index contributed by atoms with van der Waals surface area (Å²) >= 11 is 0. The predicted molar refractivity (Wildman–Crippen MR) is 110 cm³/mol. The Kier molecular flexibility index (Phi) is 6.98. The fraction of sp³-hybridized carbons (Fsp3) is 0.476. The second-order valence-corrected chi connectivity index (χ2v) is 7.50. The average Bonchev–Trinajstić information content (AvgIpc) is 2.76. The predicted octanol–water partition coefficient (Wildman–Crippen LogP) is 0.796. The van der Waals surface area contributed by atoms with E-state index in [1.54, 1.807) is 11.8 Å². The minimum absolute atomic E-state index is 0.0819. The van der Waals surface area contributed by atoms with Crippen LogP contribution in [-0.4, -0.2) is 70.4 Å². The molecule has 0 bridgehead atoms. The fourth-order valence-electron chi connectivity index (χ4n) is 3.53. The van der Waals surface area contributed by atoms with Gasteiger partial charge >= 0.3 is 5.97 Å². The van der Waals surface area contributed by atoms with Crippen molar-refractivity contribution in [2.45, 2.75) is 26.3 Å². The van der Waals surface area contributed by atoms with Crippen molar-refractivity contribution in [1.29, 1.82) is 0 Å². The van der Waals surface area contributed by atoms with E-state index in [1.807, 2.05) is 0 Å². The first-order chi connectivity index (χ1) is 14.8. The lowest BCUT2D eigenvalue weighted by Gasteiger charge is -2.32. The lowest BCUT2D eigenvalue weighted by Crippen LogP contribution is -2.46. The highest BCUT2D eigenvalue weighted by Gasteiger charge is 2.29. The third-order valence-electron chi connectivity index (χ3n) is 5.36. The van der Waals surface area contributed by atoms with Gasteiger partial charge in [-0.3, -0.25) is 23.7 Å². The molecule has 0 aliphatic carbocycles. The molecular formula is C21H25FN4O5. The monoisotopic (exact) mass is 432 g/mol. The molecule has 1 saturated heterocycles. The molecule has 2 amide bonds. The van der Waals surface area contributed by atoms with Gasteiger partial charge in [0.15, 0.2) is 0 Å². The molecule has 2 aromatic rings. The van der Waals surface area contributed by atoms with Gasteiger partial charge in [-0.25, -0.2) is 9.37 Å². The number of aromatic nitrogens is 2. The molecule has 0 N–H and O–H groups in total. The van der Waals surface area contributed by atoms with Crippen LogP contribution in [0.15, 0.2) is 29.3 Å². The Bertz CT molecular complexity index is 1050. The molecule has 9 nitrogen and oxygen atoms in total. The Morgan fingerprint density at radius 3 is 2.65 bits per heavy atom. The number of carbonyl (C=O) groups is 3. The van der Waals surface area contributed by atoms with Crippen LogP contribution in [0.25, 0.3) is 10.9 Å². The van der Waals surface area contributed by atoms with Crippen molar-refractivity contribution < 1.29 is 23.5 Å². The second kappa shape index (κ2) is 9.67. The summed E-state index contributed by atoms with van der Waals surface area (Å²) < 4.78 is 19.6. The highest BCUT2D eigenvalue weighted by atomic mass is 19.1. The van der Waals surface area contributed by atoms with Crippen LogP contribution in [0.4, 0.5) is 4.39 Å². The smallest absolute Gasteiger partial charge is 0.309 e. The zero-order valence-electron chi connectivity index (χ0n) is 17.5. The lowest BCUT2D eigenvalue weighted by atomic mass is 9.97. The van der Waals surface area contributed by atoms with Crippen molar-refractivity contribution >= 4 is 28.7 Å². The summed E-state index contributed by atoms with van der Waals surface area (Å²) in [4.78, 5) is 56.3. The summed E-state index contributed by atoms with van der Waals surface area (Å²) in [6, 6.07) is 3.69. The average molecular weight is 432 g/mol. The molecule has 3 rings (SSSR count). The van der Waals surface area contributed by atoms with Crippen LogP contribution < -0.4 is 5.56 Å². The van der Waals surface area contributed by atoms with Crippen LogP contribution >= 0.6 is 0 Å². The summed E-state index contributed by atoms with van der Waals surface area (Å²) in [6.07, 6.45) is 2.28. The Morgan fingerprint density at radius 2 is 1.97 bits per heavy atom. The van der Waals surface area contributed by atoms with Crippen molar-refractivity contribution in [3.8, 4) is 0 Å². The maximum atomic E-state index is 13.4. The SMILES string of the molecule is CCOC(=O)C1CCN(C(=O)CN(C)C(=O)Cn2cnc3ccc(F)cc3c2=O)CC1. The summed E-state index contributed by atoms with van der Waals surface area (Å²) in [5.74, 6) is -1.69. The molecule has 31 heavy (non-hydrogen) atoms. The molecule has 0 unspecified atom stereocenters. The highest BCUT2D eigenvalue weighted by molar-refractivity contribution is 5.85. The Labute approximate surface area is 178 Å². The number of fused-ring (bicyclic) bond motifs is 1. The van der Waals surface area contributed by atoms with Gasteiger partial charge in [-0.05, 0) is 38.0 Å². The molecule has 0 radical (unpaired) electrons. The normalized spacial score (nSPS) is 14.5. The number of ether oxygens (including phenoxy) is 1. The van der Waals surface area contributed by atoms with Gasteiger partial charge in [-0.2, -0.15) is 0 Å². The number of benzene rings is 1. The molecule has 166 valence electrons. The number of halogens is 1. The van der Waals surface area contributed by atoms with E-state index < -0.39 is 17.3 Å². The van der Waals surface area contributed by atoms with Gasteiger partial charge in [0.05, 0.1) is 36.3 Å². The van der Waals surface area contributed by atoms with E-state index in [4.69, 9.17) is 4.74 Å². The standard InChI is InChI=1S/C21H25FN4O5/c1-3-31-21(30)14-6-8-25(9-7-14)19(28)11-24(2)18(27)12-26-13-23-17-5-4-15(22)10-16(17)20(26)29/h4-5,10,13-14H,3,6-9,11-12H2,1-2H3. The summed E-state index contributed by atoms with van der Waals surface area (Å²) in [5, 5.41) is 0.0819. The van der Waals surface area contributed by atoms with Gasteiger partial charge in [0.2, 0.25) is 11.8 Å². The number of piperidine rings is 1. The Balaban J connectivity index is 1.57. The second-order valence-electron chi connectivity index (χ2n) is 7.50. The summed E-state index contributed by atoms with van der Waals surface area (Å²) in [6.45, 7) is 2.47. The van der Waals surface area contributed by atoms with Gasteiger partial charge < -0.3 is 14.5 Å². The molecule has 2 heterocycles. The van der Waals surface area contributed by atoms with Gasteiger partial charge in [0.1, 0.15) is 12.4 Å². The van der Waals surface area contributed by atoms with E-state index in [-0.39, 0.29) is 36.3 Å². The molecule has 1 fully saturated rings. The first kappa shape index (κ1) is 22.4. The largest absolute Gasteiger partial charge is 0.466 e. The quantitative estimate of drug-likeness (QED) is 0.626. The van der Waals surface area contributed by atoms with Crippen LogP contribution in [0.5, 0.6) is 0 Å². The van der Waals surface area contributed by atoms with Crippen molar-refractivity contribution in [2.75, 3.05) is 33.3 Å². The molecule has 1 aromatic heterocycles. The first-order valence-electron chi connectivity index (χ1n) is 10.1. The third-order valence-corrected chi connectivity index (χ3v) is 5.36. The van der Waals surface area contributed by atoms with Crippen molar-refractivity contribution in [1.82, 2.24) is 19.4 Å². The zero-order valence-corrected chi connectivity index (χ0v) is 17.5. The number of hydrogen-bond donors (Lipinski definition) is 0. The highest BCUT2D eigenvalue weighted by Crippen LogP contribution is 2.19. The van der Waals surface area contributed by atoms with E-state index in [9.17, 15) is 23.6 Å². The first-order valence-corrected chi connectivity index (χ1v) is 10.1. The van der Waals surface area contributed by atoms with Crippen molar-refractivity contribution in [2.24, 2.45) is 5.92 Å². The number of hydrogen-bond acceptors (Lipinski definition) is 6. The molecule has 1 aliphatic heterocycles. The summed E-state index contributed by atoms with van der Waals surface area (Å²) in [5.41, 5.74) is -0.191. The number of likely N-dealkylation sites (tertiary alicyclic amines) is 1. The van der Waals surface area contributed by atoms with Crippen LogP contribution in [0.2, 0.25) is 0 Å². The van der Waals surface area contributed by atoms with Crippen LogP contribution in [-0.2, 0) is 25.7 Å². The number of esters is 1. The molecule has 0 saturated carbocycles. The number of likely N-dealkylation sites (N-methyl/N-ethyl adjacent to an activating group) is 1. The minimum Gasteiger partial charge on any atom is -0.466 e. The van der Waals surface area contributed by atoms with E-state index in [1.165, 1.54) is 30.4 Å². The van der Waals surface area contributed by atoms with Crippen LogP contribution in [0, 0.1) is 11.7 Å². The van der Waals surface area contributed by atoms with Crippen LogP contribution in [0.1, 0.15) is 19.8 Å². The maximum Gasteiger partial charge on any atom is 0.309 e. The topological polar surface area (TPSA) is 102 Å². The fourth-order valence-corrected chi connectivity index (χ4v) is 3.53. The van der Waals surface area contributed by atoms with E-state index in [0.717, 1.165) is 10.6 Å². The molecule has 0 atom stereocenters. The minimum atomic E-state index is -0.565. The number of amides is 2. The third kappa shape index (κ3) is 5.25. The van der Waals surface area contributed by atoms with Crippen LogP contribution in [0.3, 0.4) is 0 Å². The van der Waals surface area contributed by atoms with Crippen molar-refractivity contribution in [3.05, 3.63) is 40.7 Å². The molecular weight excluding hydrogens is 407 g/mol. The molecule has 0 spiro atoms. The van der Waals surface area contributed by atoms with Gasteiger partial charge in [-0.1, -0.05) is 0 Å². The van der Waals surface area contributed by atoms with E-state index in [2.05, 4.69) is 4.98 Å². The zero-order chi connectivity index (χ0) is 22.5. The van der Waals surface area contributed by atoms with E-state index in [0.29, 0.717) is 38.1 Å². The van der Waals surface area contributed by atoms with Gasteiger partial charge in [-0.15, -0.1) is 0 Å². The summed E-state index contributed by atoms with van der Waals surface area (Å²) in [7, 11) is 1.48. The van der Waals surface area contributed by atoms with E-state index >= 15 is 0 Å². The maximum absolute atomic E-state index is 13.4. The number of nitrogens with zero attached hydrogens (tertiary/aromatic N) is 4. The number of carbonyl (C=O) groups excluding carboxylic acids is 3. The van der Waals surface area contributed by atoms with Gasteiger partial charge in [0.25, 0.3) is 5.56 Å². The van der Waals surface area contributed by atoms with Gasteiger partial charge in [0, 0.05) is 20.1 Å².